The fourth-order valence-electron chi connectivity index (χ4n) is 3.25. The van der Waals surface area contributed by atoms with Crippen molar-refractivity contribution in [2.45, 2.75) is 25.2 Å². The van der Waals surface area contributed by atoms with Gasteiger partial charge in [0.2, 0.25) is 17.6 Å². The molecule has 0 spiro atoms. The Morgan fingerprint density at radius 2 is 1.87 bits per heavy atom. The van der Waals surface area contributed by atoms with Gasteiger partial charge in [0, 0.05) is 30.6 Å². The quantitative estimate of drug-likeness (QED) is 0.575. The van der Waals surface area contributed by atoms with Crippen LogP contribution in [0, 0.1) is 5.82 Å². The normalized spacial score (nSPS) is 16.9. The number of amides is 1. The molecule has 0 radical (unpaired) electrons. The van der Waals surface area contributed by atoms with Gasteiger partial charge in [0.05, 0.1) is 5.92 Å². The van der Waals surface area contributed by atoms with Crippen molar-refractivity contribution >= 4 is 5.91 Å². The topological polar surface area (TPSA) is 68.5 Å². The van der Waals surface area contributed by atoms with Crippen LogP contribution in [0.3, 0.4) is 0 Å². The molecule has 3 aromatic rings. The number of halogens is 4. The number of alkyl halides is 3. The van der Waals surface area contributed by atoms with Crippen molar-refractivity contribution in [2.75, 3.05) is 6.54 Å². The summed E-state index contributed by atoms with van der Waals surface area (Å²) in [5, 5.41) is 3.84. The number of aromatic nitrogens is 2. The van der Waals surface area contributed by atoms with Crippen molar-refractivity contribution in [1.82, 2.24) is 15.0 Å². The fourth-order valence-corrected chi connectivity index (χ4v) is 3.25. The zero-order valence-corrected chi connectivity index (χ0v) is 15.4. The number of ether oxygens (including phenoxy) is 1. The van der Waals surface area contributed by atoms with Gasteiger partial charge >= 0.3 is 6.36 Å². The van der Waals surface area contributed by atoms with Gasteiger partial charge in [-0.15, -0.1) is 13.2 Å². The summed E-state index contributed by atoms with van der Waals surface area (Å²) in [5.74, 6) is -0.824. The standard InChI is InChI=1S/C20H15F4N3O3/c21-16-4-2-1-3-13(16)10-27-11-14(9-17(27)28)19-25-18(26-30-19)12-5-7-15(8-6-12)29-20(22,23)24/h1-8,14H,9-11H2. The summed E-state index contributed by atoms with van der Waals surface area (Å²) < 4.78 is 59.7. The molecule has 0 saturated carbocycles. The van der Waals surface area contributed by atoms with Gasteiger partial charge in [0.15, 0.2) is 0 Å². The molecule has 1 amide bonds. The molecule has 0 bridgehead atoms. The molecular weight excluding hydrogens is 406 g/mol. The number of likely N-dealkylation sites (tertiary alicyclic amines) is 1. The molecule has 4 rings (SSSR count). The molecule has 10 heteroatoms. The van der Waals surface area contributed by atoms with E-state index >= 15 is 0 Å². The van der Waals surface area contributed by atoms with Gasteiger partial charge in [0.1, 0.15) is 11.6 Å². The predicted molar refractivity (Wildman–Crippen MR) is 95.6 cm³/mol. The van der Waals surface area contributed by atoms with Crippen LogP contribution in [0.1, 0.15) is 23.8 Å². The molecule has 1 atom stereocenters. The Morgan fingerprint density at radius 1 is 1.13 bits per heavy atom. The number of rotatable bonds is 5. The number of benzene rings is 2. The number of hydrogen-bond acceptors (Lipinski definition) is 5. The first-order valence-electron chi connectivity index (χ1n) is 8.99. The lowest BCUT2D eigenvalue weighted by Gasteiger charge is -2.16. The lowest BCUT2D eigenvalue weighted by atomic mass is 10.1. The van der Waals surface area contributed by atoms with Crippen LogP contribution in [-0.4, -0.2) is 33.9 Å². The Balaban J connectivity index is 1.44. The highest BCUT2D eigenvalue weighted by Crippen LogP contribution is 2.31. The van der Waals surface area contributed by atoms with Gasteiger partial charge in [-0.3, -0.25) is 4.79 Å². The van der Waals surface area contributed by atoms with E-state index in [2.05, 4.69) is 14.9 Å². The minimum absolute atomic E-state index is 0.143. The molecule has 30 heavy (non-hydrogen) atoms. The van der Waals surface area contributed by atoms with E-state index in [-0.39, 0.29) is 48.1 Å². The van der Waals surface area contributed by atoms with Crippen LogP contribution in [-0.2, 0) is 11.3 Å². The zero-order chi connectivity index (χ0) is 21.3. The second-order valence-electron chi connectivity index (χ2n) is 6.80. The van der Waals surface area contributed by atoms with E-state index in [9.17, 15) is 22.4 Å². The van der Waals surface area contributed by atoms with E-state index in [1.807, 2.05) is 0 Å². The SMILES string of the molecule is O=C1CC(c2nc(-c3ccc(OC(F)(F)F)cc3)no2)CN1Cc1ccccc1F. The van der Waals surface area contributed by atoms with Crippen LogP contribution in [0.2, 0.25) is 0 Å². The molecule has 1 aliphatic heterocycles. The summed E-state index contributed by atoms with van der Waals surface area (Å²) in [4.78, 5) is 18.1. The molecule has 2 aromatic carbocycles. The highest BCUT2D eigenvalue weighted by atomic mass is 19.4. The molecule has 1 fully saturated rings. The van der Waals surface area contributed by atoms with Crippen LogP contribution in [0.25, 0.3) is 11.4 Å². The van der Waals surface area contributed by atoms with Crippen molar-refractivity contribution in [3.05, 3.63) is 65.8 Å². The largest absolute Gasteiger partial charge is 0.573 e. The van der Waals surface area contributed by atoms with E-state index in [1.165, 1.54) is 23.1 Å². The van der Waals surface area contributed by atoms with Gasteiger partial charge in [-0.25, -0.2) is 4.39 Å². The molecule has 1 aromatic heterocycles. The molecule has 2 heterocycles. The maximum absolute atomic E-state index is 13.9. The van der Waals surface area contributed by atoms with E-state index < -0.39 is 6.36 Å². The monoisotopic (exact) mass is 421 g/mol. The van der Waals surface area contributed by atoms with Gasteiger partial charge < -0.3 is 14.2 Å². The summed E-state index contributed by atoms with van der Waals surface area (Å²) in [7, 11) is 0. The highest BCUT2D eigenvalue weighted by molar-refractivity contribution is 5.79. The molecular formula is C20H15F4N3O3. The third-order valence-electron chi connectivity index (χ3n) is 4.67. The third kappa shape index (κ3) is 4.42. The van der Waals surface area contributed by atoms with E-state index in [0.29, 0.717) is 17.7 Å². The number of hydrogen-bond donors (Lipinski definition) is 0. The van der Waals surface area contributed by atoms with Crippen LogP contribution < -0.4 is 4.74 Å². The van der Waals surface area contributed by atoms with Gasteiger partial charge in [-0.1, -0.05) is 23.4 Å². The van der Waals surface area contributed by atoms with Gasteiger partial charge in [0.25, 0.3) is 0 Å². The van der Waals surface area contributed by atoms with E-state index in [1.54, 1.807) is 18.2 Å². The summed E-state index contributed by atoms with van der Waals surface area (Å²) in [6, 6.07) is 11.3. The van der Waals surface area contributed by atoms with Crippen LogP contribution in [0.4, 0.5) is 17.6 Å². The van der Waals surface area contributed by atoms with E-state index in [0.717, 1.165) is 12.1 Å². The molecule has 0 aliphatic carbocycles. The Kier molecular flexibility index (Phi) is 5.15. The number of carbonyl (C=O) groups is 1. The first kappa shape index (κ1) is 19.9. The van der Waals surface area contributed by atoms with Gasteiger partial charge in [-0.2, -0.15) is 4.98 Å². The first-order valence-corrected chi connectivity index (χ1v) is 8.99. The number of nitrogens with zero attached hydrogens (tertiary/aromatic N) is 3. The van der Waals surface area contributed by atoms with Crippen molar-refractivity contribution < 1.29 is 31.6 Å². The third-order valence-corrected chi connectivity index (χ3v) is 4.67. The van der Waals surface area contributed by atoms with Crippen LogP contribution in [0.15, 0.2) is 53.1 Å². The summed E-state index contributed by atoms with van der Waals surface area (Å²) >= 11 is 0. The highest BCUT2D eigenvalue weighted by Gasteiger charge is 2.35. The predicted octanol–water partition coefficient (Wildman–Crippen LogP) is 4.29. The van der Waals surface area contributed by atoms with Crippen molar-refractivity contribution in [1.29, 1.82) is 0 Å². The summed E-state index contributed by atoms with van der Waals surface area (Å²) in [5.41, 5.74) is 0.853. The molecule has 1 aliphatic rings. The molecule has 1 saturated heterocycles. The summed E-state index contributed by atoms with van der Waals surface area (Å²) in [6.45, 7) is 0.441. The maximum Gasteiger partial charge on any atom is 0.573 e. The maximum atomic E-state index is 13.9. The second-order valence-corrected chi connectivity index (χ2v) is 6.80. The minimum atomic E-state index is -4.77. The average molecular weight is 421 g/mol. The Bertz CT molecular complexity index is 1050. The Hall–Kier alpha value is -3.43. The zero-order valence-electron chi connectivity index (χ0n) is 15.4. The number of carbonyl (C=O) groups excluding carboxylic acids is 1. The van der Waals surface area contributed by atoms with Crippen molar-refractivity contribution in [2.24, 2.45) is 0 Å². The van der Waals surface area contributed by atoms with Crippen molar-refractivity contribution in [3.8, 4) is 17.1 Å². The fraction of sp³-hybridized carbons (Fsp3) is 0.250. The molecule has 156 valence electrons. The summed E-state index contributed by atoms with van der Waals surface area (Å²) in [6.07, 6.45) is -4.63. The Morgan fingerprint density at radius 3 is 2.57 bits per heavy atom. The lowest BCUT2D eigenvalue weighted by Crippen LogP contribution is -2.24. The first-order chi connectivity index (χ1) is 14.3. The minimum Gasteiger partial charge on any atom is -0.406 e. The smallest absolute Gasteiger partial charge is 0.406 e. The van der Waals surface area contributed by atoms with E-state index in [4.69, 9.17) is 4.52 Å². The van der Waals surface area contributed by atoms with Crippen molar-refractivity contribution in [3.63, 3.8) is 0 Å². The average Bonchev–Trinajstić information content (AvgIpc) is 3.30. The Labute approximate surface area is 168 Å². The second kappa shape index (κ2) is 7.77. The van der Waals surface area contributed by atoms with Crippen LogP contribution >= 0.6 is 0 Å². The lowest BCUT2D eigenvalue weighted by molar-refractivity contribution is -0.274. The molecule has 1 unspecified atom stereocenters. The van der Waals surface area contributed by atoms with Gasteiger partial charge in [-0.05, 0) is 30.3 Å². The van der Waals surface area contributed by atoms with Crippen LogP contribution in [0.5, 0.6) is 5.75 Å². The molecule has 0 N–H and O–H groups in total. The molecule has 6 nitrogen and oxygen atoms in total.